The van der Waals surface area contributed by atoms with Crippen LogP contribution in [0.1, 0.15) is 52.8 Å². The van der Waals surface area contributed by atoms with Gasteiger partial charge in [-0.05, 0) is 49.8 Å². The fourth-order valence-corrected chi connectivity index (χ4v) is 9.21. The fraction of sp³-hybridized carbons (Fsp3) is 0.429. The molecule has 0 saturated carbocycles. The van der Waals surface area contributed by atoms with Gasteiger partial charge in [-0.1, -0.05) is 35.9 Å². The van der Waals surface area contributed by atoms with Crippen molar-refractivity contribution in [2.45, 2.75) is 44.2 Å². The van der Waals surface area contributed by atoms with Crippen molar-refractivity contribution in [1.82, 2.24) is 44.8 Å². The number of para-hydroxylation sites is 1. The number of carbonyl (C=O) groups is 6. The van der Waals surface area contributed by atoms with Gasteiger partial charge in [0.2, 0.25) is 17.8 Å². The second kappa shape index (κ2) is 16.5. The SMILES string of the molecule is O=C1CCC(N2C(=O)c3cccc(OCC(=O)N4CCN(CC5CCN(C(=O)N6CC[C@@H](Nc7ncc(Cl)c(-c8c[nH]c9ccccc89)n7)C6)CC5)CC4)c3C2=O)C(=O)N1. The summed E-state index contributed by atoms with van der Waals surface area (Å²) in [7, 11) is 0. The van der Waals surface area contributed by atoms with E-state index in [-0.39, 0.29) is 54.3 Å². The van der Waals surface area contributed by atoms with Crippen molar-refractivity contribution in [3.8, 4) is 17.0 Å². The number of rotatable bonds is 9. The molecule has 18 heteroatoms. The van der Waals surface area contributed by atoms with Crippen molar-refractivity contribution >= 4 is 64.0 Å². The lowest BCUT2D eigenvalue weighted by Gasteiger charge is -2.39. The number of fused-ring (bicyclic) bond motifs is 2. The number of carbonyl (C=O) groups excluding carboxylic acids is 6. The molecule has 312 valence electrons. The second-order valence-electron chi connectivity index (χ2n) is 16.0. The van der Waals surface area contributed by atoms with Crippen LogP contribution in [0, 0.1) is 5.92 Å². The molecule has 1 unspecified atom stereocenters. The van der Waals surface area contributed by atoms with Gasteiger partial charge in [0.05, 0.1) is 28.0 Å². The molecule has 2 atom stereocenters. The van der Waals surface area contributed by atoms with Crippen LogP contribution in [0.4, 0.5) is 10.7 Å². The van der Waals surface area contributed by atoms with E-state index >= 15 is 0 Å². The molecule has 4 saturated heterocycles. The number of likely N-dealkylation sites (tertiary alicyclic amines) is 2. The molecule has 4 aromatic rings. The van der Waals surface area contributed by atoms with Gasteiger partial charge in [-0.2, -0.15) is 0 Å². The first-order valence-electron chi connectivity index (χ1n) is 20.5. The van der Waals surface area contributed by atoms with E-state index in [4.69, 9.17) is 21.3 Å². The molecule has 3 N–H and O–H groups in total. The number of nitrogens with one attached hydrogen (secondary N) is 3. The second-order valence-corrected chi connectivity index (χ2v) is 16.4. The Bertz CT molecular complexity index is 2370. The van der Waals surface area contributed by atoms with Crippen LogP contribution in [0.25, 0.3) is 22.2 Å². The first-order chi connectivity index (χ1) is 29.1. The Morgan fingerprint density at radius 3 is 2.43 bits per heavy atom. The van der Waals surface area contributed by atoms with Crippen LogP contribution in [0.3, 0.4) is 0 Å². The van der Waals surface area contributed by atoms with Gasteiger partial charge in [-0.25, -0.2) is 14.8 Å². The zero-order valence-electron chi connectivity index (χ0n) is 32.9. The number of halogens is 1. The van der Waals surface area contributed by atoms with E-state index in [2.05, 4.69) is 25.5 Å². The summed E-state index contributed by atoms with van der Waals surface area (Å²) in [5, 5.41) is 7.11. The third-order valence-electron chi connectivity index (χ3n) is 12.3. The number of aromatic nitrogens is 3. The number of urea groups is 1. The molecule has 5 aliphatic rings. The molecule has 0 radical (unpaired) electrons. The number of piperidine rings is 2. The molecule has 2 aromatic heterocycles. The minimum Gasteiger partial charge on any atom is -0.483 e. The topological polar surface area (TPSA) is 193 Å². The van der Waals surface area contributed by atoms with Crippen LogP contribution in [-0.2, 0) is 14.4 Å². The monoisotopic (exact) mass is 836 g/mol. The number of anilines is 1. The molecule has 9 rings (SSSR count). The van der Waals surface area contributed by atoms with Crippen molar-refractivity contribution in [1.29, 1.82) is 0 Å². The molecule has 0 spiro atoms. The average molecular weight is 837 g/mol. The number of ether oxygens (including phenoxy) is 1. The first kappa shape index (κ1) is 39.4. The molecule has 60 heavy (non-hydrogen) atoms. The molecule has 7 heterocycles. The van der Waals surface area contributed by atoms with Crippen molar-refractivity contribution < 1.29 is 33.5 Å². The van der Waals surface area contributed by atoms with E-state index in [0.29, 0.717) is 74.9 Å². The number of imide groups is 2. The van der Waals surface area contributed by atoms with Gasteiger partial charge in [-0.3, -0.25) is 39.1 Å². The number of hydrogen-bond acceptors (Lipinski definition) is 11. The summed E-state index contributed by atoms with van der Waals surface area (Å²) in [6.07, 6.45) is 6.19. The number of amides is 7. The minimum absolute atomic E-state index is 0.0139. The summed E-state index contributed by atoms with van der Waals surface area (Å²) in [4.78, 5) is 98.7. The van der Waals surface area contributed by atoms with E-state index in [1.54, 1.807) is 17.2 Å². The van der Waals surface area contributed by atoms with Crippen LogP contribution in [0.5, 0.6) is 5.75 Å². The maximum Gasteiger partial charge on any atom is 0.320 e. The largest absolute Gasteiger partial charge is 0.483 e. The Hall–Kier alpha value is -6.07. The highest BCUT2D eigenvalue weighted by molar-refractivity contribution is 6.33. The van der Waals surface area contributed by atoms with Crippen molar-refractivity contribution in [3.63, 3.8) is 0 Å². The maximum atomic E-state index is 13.6. The zero-order valence-corrected chi connectivity index (χ0v) is 33.7. The van der Waals surface area contributed by atoms with Gasteiger partial charge >= 0.3 is 6.03 Å². The summed E-state index contributed by atoms with van der Waals surface area (Å²) in [6, 6.07) is 11.6. The third-order valence-corrected chi connectivity index (χ3v) is 12.6. The number of hydrogen-bond donors (Lipinski definition) is 3. The van der Waals surface area contributed by atoms with Crippen molar-refractivity contribution in [3.05, 3.63) is 71.0 Å². The zero-order chi connectivity index (χ0) is 41.5. The van der Waals surface area contributed by atoms with Gasteiger partial charge in [-0.15, -0.1) is 0 Å². The number of piperazine rings is 1. The Morgan fingerprint density at radius 1 is 0.850 bits per heavy atom. The Morgan fingerprint density at radius 2 is 1.63 bits per heavy atom. The van der Waals surface area contributed by atoms with Gasteiger partial charge in [0.25, 0.3) is 17.7 Å². The first-order valence-corrected chi connectivity index (χ1v) is 20.9. The van der Waals surface area contributed by atoms with Gasteiger partial charge in [0, 0.05) is 94.0 Å². The molecule has 0 aliphatic carbocycles. The van der Waals surface area contributed by atoms with Crippen LogP contribution < -0.4 is 15.4 Å². The summed E-state index contributed by atoms with van der Waals surface area (Å²) in [6.45, 7) is 5.69. The van der Waals surface area contributed by atoms with Crippen LogP contribution in [0.15, 0.2) is 54.9 Å². The Kier molecular flexibility index (Phi) is 10.9. The lowest BCUT2D eigenvalue weighted by Crippen LogP contribution is -2.54. The van der Waals surface area contributed by atoms with E-state index in [0.717, 1.165) is 47.2 Å². The predicted octanol–water partition coefficient (Wildman–Crippen LogP) is 3.22. The van der Waals surface area contributed by atoms with Crippen molar-refractivity contribution in [2.75, 3.05) is 70.8 Å². The fourth-order valence-electron chi connectivity index (χ4n) is 9.01. The number of benzene rings is 2. The quantitative estimate of drug-likeness (QED) is 0.210. The summed E-state index contributed by atoms with van der Waals surface area (Å²) < 4.78 is 5.83. The van der Waals surface area contributed by atoms with Gasteiger partial charge in [0.1, 0.15) is 11.8 Å². The molecule has 2 aromatic carbocycles. The highest BCUT2D eigenvalue weighted by Crippen LogP contribution is 2.35. The highest BCUT2D eigenvalue weighted by atomic mass is 35.5. The van der Waals surface area contributed by atoms with E-state index in [1.165, 1.54) is 12.1 Å². The third kappa shape index (κ3) is 7.74. The van der Waals surface area contributed by atoms with E-state index in [9.17, 15) is 28.8 Å². The number of aromatic amines is 1. The number of H-pyrrole nitrogens is 1. The normalized spacial score (nSPS) is 21.5. The Labute approximate surface area is 350 Å². The van der Waals surface area contributed by atoms with Crippen LogP contribution >= 0.6 is 11.6 Å². The lowest BCUT2D eigenvalue weighted by atomic mass is 9.96. The summed E-state index contributed by atoms with van der Waals surface area (Å²) >= 11 is 6.53. The van der Waals surface area contributed by atoms with Gasteiger partial charge < -0.3 is 29.7 Å². The average Bonchev–Trinajstić information content (AvgIpc) is 3.98. The molecule has 4 fully saturated rings. The number of nitrogens with zero attached hydrogens (tertiary/aromatic N) is 7. The van der Waals surface area contributed by atoms with Crippen LogP contribution in [-0.4, -0.2) is 153 Å². The molecular weight excluding hydrogens is 792 g/mol. The summed E-state index contributed by atoms with van der Waals surface area (Å²) in [5.74, 6) is -1.66. The Balaban J connectivity index is 0.704. The smallest absolute Gasteiger partial charge is 0.320 e. The van der Waals surface area contributed by atoms with Crippen LogP contribution in [0.2, 0.25) is 5.02 Å². The molecule has 0 bridgehead atoms. The summed E-state index contributed by atoms with van der Waals surface area (Å²) in [5.41, 5.74) is 2.67. The highest BCUT2D eigenvalue weighted by Gasteiger charge is 2.46. The molecule has 17 nitrogen and oxygen atoms in total. The van der Waals surface area contributed by atoms with E-state index in [1.807, 2.05) is 40.3 Å². The predicted molar refractivity (Wildman–Crippen MR) is 219 cm³/mol. The van der Waals surface area contributed by atoms with Gasteiger partial charge in [0.15, 0.2) is 6.61 Å². The maximum absolute atomic E-state index is 13.6. The lowest BCUT2D eigenvalue weighted by molar-refractivity contribution is -0.136. The molecular formula is C42H45ClN10O7. The molecule has 7 amide bonds. The molecule has 5 aliphatic heterocycles. The van der Waals surface area contributed by atoms with E-state index < -0.39 is 29.7 Å². The standard InChI is InChI=1S/C42H45ClN10O7/c43-30-21-45-41(48-37(30)29-20-44-31-6-2-1-4-27(29)31)46-26-12-15-52(23-26)42(59)51-13-10-25(11-14-51)22-49-16-18-50(19-17-49)35(55)24-60-33-7-3-5-28-36(33)40(58)53(39(28)57)32-8-9-34(54)47-38(32)56/h1-7,20-21,25-26,32,44H,8-19,22-24H2,(H,45,46,48)(H,47,54,56)/t26-,32?/m1/s1. The van der Waals surface area contributed by atoms with Crippen molar-refractivity contribution in [2.24, 2.45) is 5.92 Å². The minimum atomic E-state index is -1.09.